The second-order valence-electron chi connectivity index (χ2n) is 13.5. The number of halogens is 2. The number of likely N-dealkylation sites (N-methyl/N-ethyl adjacent to an activating group) is 2. The maximum atomic E-state index is 15.3. The lowest BCUT2D eigenvalue weighted by molar-refractivity contribution is -0.129. The highest BCUT2D eigenvalue weighted by Gasteiger charge is 2.70. The molecule has 1 fully saturated rings. The second-order valence-corrected chi connectivity index (χ2v) is 19.4. The summed E-state index contributed by atoms with van der Waals surface area (Å²) in [6.07, 6.45) is 0.927. The third-order valence-electron chi connectivity index (χ3n) is 10.9. The molecule has 4 aromatic carbocycles. The van der Waals surface area contributed by atoms with Gasteiger partial charge in [-0.1, -0.05) is 80.4 Å². The largest absolute Gasteiger partial charge is 0.355 e. The number of carbonyl (C=O) groups is 2. The molecule has 13 heteroatoms. The molecule has 4 heterocycles. The van der Waals surface area contributed by atoms with Crippen molar-refractivity contribution in [3.63, 3.8) is 0 Å². The average molecular weight is 852 g/mol. The van der Waals surface area contributed by atoms with Crippen LogP contribution in [-0.4, -0.2) is 65.2 Å². The van der Waals surface area contributed by atoms with Gasteiger partial charge in [0.1, 0.15) is 5.25 Å². The van der Waals surface area contributed by atoms with Gasteiger partial charge in [0, 0.05) is 52.5 Å². The van der Waals surface area contributed by atoms with Crippen LogP contribution in [0.4, 0.5) is 11.4 Å². The third kappa shape index (κ3) is 4.94. The smallest absolute Gasteiger partial charge is 0.257 e. The van der Waals surface area contributed by atoms with Crippen molar-refractivity contribution in [1.82, 2.24) is 4.90 Å². The minimum absolute atomic E-state index is 0.0144. The maximum absolute atomic E-state index is 15.3. The van der Waals surface area contributed by atoms with Crippen LogP contribution >= 0.6 is 31.9 Å². The number of anilines is 2. The van der Waals surface area contributed by atoms with Crippen LogP contribution in [0.25, 0.3) is 0 Å². The van der Waals surface area contributed by atoms with E-state index < -0.39 is 54.0 Å². The second kappa shape index (κ2) is 12.1. The minimum atomic E-state index is -4.38. The van der Waals surface area contributed by atoms with Gasteiger partial charge in [-0.2, -0.15) is 0 Å². The molecule has 4 aromatic rings. The zero-order valence-corrected chi connectivity index (χ0v) is 32.5. The van der Waals surface area contributed by atoms with Crippen LogP contribution in [0.3, 0.4) is 0 Å². The first-order valence-corrected chi connectivity index (χ1v) is 21.3. The number of benzene rings is 4. The molecule has 8 rings (SSSR count). The Labute approximate surface area is 314 Å². The molecule has 9 nitrogen and oxygen atoms in total. The highest BCUT2D eigenvalue weighted by atomic mass is 79.9. The lowest BCUT2D eigenvalue weighted by Crippen LogP contribution is -2.54. The van der Waals surface area contributed by atoms with E-state index in [1.54, 1.807) is 67.5 Å². The van der Waals surface area contributed by atoms with Gasteiger partial charge in [0.05, 0.1) is 27.1 Å². The van der Waals surface area contributed by atoms with E-state index in [1.807, 2.05) is 29.2 Å². The van der Waals surface area contributed by atoms with Crippen molar-refractivity contribution in [3.8, 4) is 0 Å². The number of carbonyl (C=O) groups excluding carboxylic acids is 2. The monoisotopic (exact) mass is 849 g/mol. The van der Waals surface area contributed by atoms with Crippen LogP contribution in [0.5, 0.6) is 0 Å². The van der Waals surface area contributed by atoms with E-state index in [4.69, 9.17) is 0 Å². The molecule has 4 atom stereocenters. The van der Waals surface area contributed by atoms with E-state index in [0.717, 1.165) is 14.5 Å². The Bertz CT molecular complexity index is 2390. The Morgan fingerprint density at radius 3 is 2.04 bits per heavy atom. The normalized spacial score (nSPS) is 24.4. The van der Waals surface area contributed by atoms with Crippen LogP contribution in [0.1, 0.15) is 29.9 Å². The predicted octanol–water partition coefficient (Wildman–Crippen LogP) is 6.44. The fraction of sp³-hybridized carbons (Fsp3) is 0.263. The first kappa shape index (κ1) is 34.3. The number of nitrogens with zero attached hydrogens (tertiary/aromatic N) is 3. The summed E-state index contributed by atoms with van der Waals surface area (Å²) >= 11 is 7.06. The van der Waals surface area contributed by atoms with E-state index >= 15 is 13.2 Å². The Morgan fingerprint density at radius 2 is 1.37 bits per heavy atom. The fourth-order valence-electron chi connectivity index (χ4n) is 8.78. The molecule has 0 bridgehead atoms. The van der Waals surface area contributed by atoms with Gasteiger partial charge in [0.25, 0.3) is 5.91 Å². The molecule has 0 aromatic heterocycles. The summed E-state index contributed by atoms with van der Waals surface area (Å²) in [7, 11) is -5.20. The van der Waals surface area contributed by atoms with Crippen molar-refractivity contribution in [3.05, 3.63) is 128 Å². The summed E-state index contributed by atoms with van der Waals surface area (Å²) in [5.74, 6) is -3.35. The molecular weight excluding hydrogens is 818 g/mol. The zero-order valence-electron chi connectivity index (χ0n) is 27.7. The summed E-state index contributed by atoms with van der Waals surface area (Å²) in [5.41, 5.74) is 1.79. The highest BCUT2D eigenvalue weighted by Crippen LogP contribution is 2.62. The van der Waals surface area contributed by atoms with E-state index in [2.05, 4.69) is 31.9 Å². The van der Waals surface area contributed by atoms with Gasteiger partial charge in [-0.3, -0.25) is 9.59 Å². The van der Waals surface area contributed by atoms with E-state index in [0.29, 0.717) is 47.6 Å². The minimum Gasteiger partial charge on any atom is -0.355 e. The Kier molecular flexibility index (Phi) is 8.17. The van der Waals surface area contributed by atoms with Crippen molar-refractivity contribution < 1.29 is 26.4 Å². The Hall–Kier alpha value is -3.78. The lowest BCUT2D eigenvalue weighted by atomic mass is 9.80. The maximum Gasteiger partial charge on any atom is 0.257 e. The predicted molar refractivity (Wildman–Crippen MR) is 202 cm³/mol. The molecule has 262 valence electrons. The van der Waals surface area contributed by atoms with Crippen LogP contribution in [0.2, 0.25) is 0 Å². The van der Waals surface area contributed by atoms with Gasteiger partial charge >= 0.3 is 0 Å². The summed E-state index contributed by atoms with van der Waals surface area (Å²) in [6.45, 7) is 0.292. The van der Waals surface area contributed by atoms with Gasteiger partial charge in [0.15, 0.2) is 25.2 Å². The van der Waals surface area contributed by atoms with E-state index in [1.165, 1.54) is 29.2 Å². The number of sulfone groups is 2. The first-order valence-electron chi connectivity index (χ1n) is 16.5. The lowest BCUT2D eigenvalue weighted by Gasteiger charge is -2.42. The number of fused-ring (bicyclic) bond motifs is 5. The third-order valence-corrected chi connectivity index (χ3v) is 15.8. The molecular formula is C38H33Br2N3O6S2. The molecule has 0 unspecified atom stereocenters. The molecule has 0 radical (unpaired) electrons. The number of hydrogen-bond acceptors (Lipinski definition) is 7. The van der Waals surface area contributed by atoms with Gasteiger partial charge in [0.2, 0.25) is 5.91 Å². The number of amides is 2. The van der Waals surface area contributed by atoms with Crippen molar-refractivity contribution in [1.29, 1.82) is 0 Å². The van der Waals surface area contributed by atoms with Crippen LogP contribution in [0.15, 0.2) is 127 Å². The van der Waals surface area contributed by atoms with Gasteiger partial charge < -0.3 is 14.7 Å². The van der Waals surface area contributed by atoms with Crippen molar-refractivity contribution in [2.45, 2.75) is 39.3 Å². The topological polar surface area (TPSA) is 112 Å². The fourth-order valence-corrected chi connectivity index (χ4v) is 13.4. The molecule has 1 spiro atoms. The molecule has 0 aliphatic carbocycles. The number of rotatable bonds is 6. The molecule has 0 N–H and O–H groups in total. The molecule has 2 amide bonds. The van der Waals surface area contributed by atoms with Crippen LogP contribution in [0, 0.1) is 5.92 Å². The average Bonchev–Trinajstić information content (AvgIpc) is 3.64. The SMILES string of the molecule is CN1C(=O)[C@@H](C2=C3[C@@H](S(=O)(=O)c4ccccc4)[C@H](CS(=O)(=O)c4ccccc4)[C@]4(C(=O)N(C)c5cc(Br)ccc54)N3CCC2)c2ccc(Br)cc21. The summed E-state index contributed by atoms with van der Waals surface area (Å²) in [5, 5.41) is -1.47. The molecule has 0 saturated carbocycles. The van der Waals surface area contributed by atoms with E-state index in [-0.39, 0.29) is 15.7 Å². The first-order chi connectivity index (χ1) is 24.3. The molecule has 51 heavy (non-hydrogen) atoms. The van der Waals surface area contributed by atoms with Crippen LogP contribution < -0.4 is 9.80 Å². The summed E-state index contributed by atoms with van der Waals surface area (Å²) in [6, 6.07) is 26.9. The zero-order chi connectivity index (χ0) is 36.0. The molecule has 1 saturated heterocycles. The Balaban J connectivity index is 1.48. The van der Waals surface area contributed by atoms with Gasteiger partial charge in [-0.05, 0) is 72.5 Å². The van der Waals surface area contributed by atoms with Gasteiger partial charge in [-0.25, -0.2) is 16.8 Å². The van der Waals surface area contributed by atoms with Crippen LogP contribution in [-0.2, 0) is 34.8 Å². The molecule has 4 aliphatic heterocycles. The summed E-state index contributed by atoms with van der Waals surface area (Å²) < 4.78 is 61.2. The Morgan fingerprint density at radius 1 is 0.765 bits per heavy atom. The molecule has 4 aliphatic rings. The summed E-state index contributed by atoms with van der Waals surface area (Å²) in [4.78, 5) is 34.4. The van der Waals surface area contributed by atoms with Crippen molar-refractivity contribution in [2.24, 2.45) is 5.92 Å². The van der Waals surface area contributed by atoms with Crippen molar-refractivity contribution in [2.75, 3.05) is 36.2 Å². The standard InChI is InChI=1S/C38H33Br2N3O6S2/c1-41-31-20-23(39)15-17-27(31)33(36(41)44)28-14-9-19-43-34(28)35(51(48,49)26-12-7-4-8-13-26)30(22-50(46,47)25-10-5-3-6-11-25)38(43)29-18-16-24(40)21-32(29)42(2)37(38)45/h3-8,10-13,15-18,20-21,30,33,35H,9,14,19,22H2,1-2H3/t30-,33+,35-,38+/m0/s1. The quantitative estimate of drug-likeness (QED) is 0.220. The number of hydrogen-bond donors (Lipinski definition) is 0. The highest BCUT2D eigenvalue weighted by molar-refractivity contribution is 9.10. The van der Waals surface area contributed by atoms with E-state index in [9.17, 15) is 13.2 Å². The van der Waals surface area contributed by atoms with Gasteiger partial charge in [-0.15, -0.1) is 0 Å². The van der Waals surface area contributed by atoms with Crippen molar-refractivity contribution >= 4 is 74.7 Å².